The molecule has 1 fully saturated rings. The fourth-order valence-corrected chi connectivity index (χ4v) is 2.80. The van der Waals surface area contributed by atoms with Crippen molar-refractivity contribution < 1.29 is 4.79 Å². The van der Waals surface area contributed by atoms with E-state index in [1.807, 2.05) is 13.1 Å². The molecule has 0 unspecified atom stereocenters. The van der Waals surface area contributed by atoms with Crippen molar-refractivity contribution in [2.75, 3.05) is 18.8 Å². The van der Waals surface area contributed by atoms with Gasteiger partial charge in [0.15, 0.2) is 0 Å². The van der Waals surface area contributed by atoms with Crippen LogP contribution in [0.5, 0.6) is 0 Å². The van der Waals surface area contributed by atoms with E-state index in [0.717, 1.165) is 31.4 Å². The second-order valence-corrected chi connectivity index (χ2v) is 5.22. The van der Waals surface area contributed by atoms with Crippen LogP contribution in [0.15, 0.2) is 29.2 Å². The first-order valence-electron chi connectivity index (χ1n) is 6.76. The molecule has 1 aliphatic rings. The predicted molar refractivity (Wildman–Crippen MR) is 78.7 cm³/mol. The van der Waals surface area contributed by atoms with Gasteiger partial charge >= 0.3 is 0 Å². The van der Waals surface area contributed by atoms with E-state index in [0.29, 0.717) is 11.1 Å². The molecule has 20 heavy (non-hydrogen) atoms. The van der Waals surface area contributed by atoms with E-state index in [1.165, 1.54) is 0 Å². The van der Waals surface area contributed by atoms with E-state index < -0.39 is 0 Å². The van der Waals surface area contributed by atoms with Gasteiger partial charge in [0.25, 0.3) is 5.91 Å². The molecule has 3 rings (SSSR count). The molecule has 0 atom stereocenters. The molecule has 1 aromatic carbocycles. The summed E-state index contributed by atoms with van der Waals surface area (Å²) in [6.45, 7) is 1.45. The number of aromatic nitrogens is 1. The normalized spacial score (nSPS) is 14.9. The van der Waals surface area contributed by atoms with Gasteiger partial charge in [-0.25, -0.2) is 0 Å². The number of benzene rings is 1. The van der Waals surface area contributed by atoms with Crippen LogP contribution < -0.4 is 11.2 Å². The number of nitrogen functional groups attached to an aromatic ring is 1. The monoisotopic (exact) mass is 271 g/mol. The molecule has 0 aliphatic carbocycles. The molecule has 1 saturated heterocycles. The van der Waals surface area contributed by atoms with Crippen molar-refractivity contribution in [2.24, 2.45) is 7.05 Å². The van der Waals surface area contributed by atoms with E-state index in [9.17, 15) is 9.59 Å². The Bertz CT molecular complexity index is 743. The summed E-state index contributed by atoms with van der Waals surface area (Å²) >= 11 is 0. The molecule has 104 valence electrons. The Labute approximate surface area is 116 Å². The summed E-state index contributed by atoms with van der Waals surface area (Å²) in [6, 6.07) is 5.32. The highest BCUT2D eigenvalue weighted by Crippen LogP contribution is 2.19. The van der Waals surface area contributed by atoms with Crippen molar-refractivity contribution in [3.8, 4) is 0 Å². The number of hydrogen-bond donors (Lipinski definition) is 1. The molecule has 2 N–H and O–H groups in total. The second-order valence-electron chi connectivity index (χ2n) is 5.22. The number of pyridine rings is 1. The molecule has 1 amide bonds. The summed E-state index contributed by atoms with van der Waals surface area (Å²) in [7, 11) is 1.82. The maximum Gasteiger partial charge on any atom is 0.259 e. The van der Waals surface area contributed by atoms with Gasteiger partial charge in [-0.15, -0.1) is 0 Å². The number of amides is 1. The zero-order valence-electron chi connectivity index (χ0n) is 11.4. The zero-order valence-corrected chi connectivity index (χ0v) is 11.4. The number of hydrogen-bond acceptors (Lipinski definition) is 3. The van der Waals surface area contributed by atoms with Crippen LogP contribution in [-0.4, -0.2) is 28.5 Å². The standard InChI is InChI=1S/C15H17N3O2/c1-17-9-10(15(20)18-7-2-3-8-18)14(19)13-11(16)5-4-6-12(13)17/h4-6,9H,2-3,7-8,16H2,1H3. The zero-order chi connectivity index (χ0) is 14.3. The van der Waals surface area contributed by atoms with E-state index in [2.05, 4.69) is 0 Å². The molecular weight excluding hydrogens is 254 g/mol. The Morgan fingerprint density at radius 3 is 2.65 bits per heavy atom. The van der Waals surface area contributed by atoms with Crippen molar-refractivity contribution >= 4 is 22.5 Å². The molecule has 5 nitrogen and oxygen atoms in total. The van der Waals surface area contributed by atoms with Crippen molar-refractivity contribution in [2.45, 2.75) is 12.8 Å². The number of fused-ring (bicyclic) bond motifs is 1. The lowest BCUT2D eigenvalue weighted by molar-refractivity contribution is 0.0791. The number of nitrogens with zero attached hydrogens (tertiary/aromatic N) is 2. The Kier molecular flexibility index (Phi) is 2.97. The number of rotatable bonds is 1. The number of likely N-dealkylation sites (tertiary alicyclic amines) is 1. The quantitative estimate of drug-likeness (QED) is 0.796. The van der Waals surface area contributed by atoms with Crippen LogP contribution in [0.2, 0.25) is 0 Å². The molecule has 0 bridgehead atoms. The molecule has 0 saturated carbocycles. The van der Waals surface area contributed by atoms with Gasteiger partial charge in [-0.2, -0.15) is 0 Å². The van der Waals surface area contributed by atoms with E-state index in [1.54, 1.807) is 27.8 Å². The average molecular weight is 271 g/mol. The van der Waals surface area contributed by atoms with Crippen LogP contribution in [-0.2, 0) is 7.05 Å². The number of carbonyl (C=O) groups is 1. The van der Waals surface area contributed by atoms with Gasteiger partial charge in [-0.05, 0) is 25.0 Å². The fourth-order valence-electron chi connectivity index (χ4n) is 2.80. The molecule has 1 aliphatic heterocycles. The van der Waals surface area contributed by atoms with Crippen LogP contribution in [0, 0.1) is 0 Å². The lowest BCUT2D eigenvalue weighted by Gasteiger charge is -2.16. The van der Waals surface area contributed by atoms with Crippen molar-refractivity contribution in [1.82, 2.24) is 9.47 Å². The Hall–Kier alpha value is -2.30. The largest absolute Gasteiger partial charge is 0.398 e. The SMILES string of the molecule is Cn1cc(C(=O)N2CCCC2)c(=O)c2c(N)cccc21. The Morgan fingerprint density at radius 1 is 1.25 bits per heavy atom. The van der Waals surface area contributed by atoms with Crippen LogP contribution in [0.25, 0.3) is 10.9 Å². The van der Waals surface area contributed by atoms with Crippen molar-refractivity contribution in [3.05, 3.63) is 40.2 Å². The smallest absolute Gasteiger partial charge is 0.259 e. The summed E-state index contributed by atoms with van der Waals surface area (Å²) in [6.07, 6.45) is 3.62. The third-order valence-corrected chi connectivity index (χ3v) is 3.87. The van der Waals surface area contributed by atoms with Gasteiger partial charge in [0.2, 0.25) is 5.43 Å². The first-order valence-corrected chi connectivity index (χ1v) is 6.76. The van der Waals surface area contributed by atoms with E-state index >= 15 is 0 Å². The van der Waals surface area contributed by atoms with Crippen LogP contribution in [0.4, 0.5) is 5.69 Å². The highest BCUT2D eigenvalue weighted by atomic mass is 16.2. The highest BCUT2D eigenvalue weighted by Gasteiger charge is 2.23. The van der Waals surface area contributed by atoms with Crippen LogP contribution in [0.3, 0.4) is 0 Å². The summed E-state index contributed by atoms with van der Waals surface area (Å²) in [4.78, 5) is 26.7. The second kappa shape index (κ2) is 4.67. The summed E-state index contributed by atoms with van der Waals surface area (Å²) in [5, 5.41) is 0.431. The summed E-state index contributed by atoms with van der Waals surface area (Å²) in [5.41, 5.74) is 7.01. The predicted octanol–water partition coefficient (Wildman–Crippen LogP) is 1.36. The number of aryl methyl sites for hydroxylation is 1. The minimum atomic E-state index is -0.270. The van der Waals surface area contributed by atoms with Crippen LogP contribution in [0.1, 0.15) is 23.2 Å². The first kappa shape index (κ1) is 12.7. The van der Waals surface area contributed by atoms with Crippen molar-refractivity contribution in [1.29, 1.82) is 0 Å². The molecular formula is C15H17N3O2. The molecule has 0 radical (unpaired) electrons. The van der Waals surface area contributed by atoms with Gasteiger partial charge in [0.05, 0.1) is 10.9 Å². The van der Waals surface area contributed by atoms with Gasteiger partial charge in [0.1, 0.15) is 5.56 Å². The Balaban J connectivity index is 2.22. The molecule has 1 aromatic heterocycles. The molecule has 5 heteroatoms. The van der Waals surface area contributed by atoms with E-state index in [4.69, 9.17) is 5.73 Å². The van der Waals surface area contributed by atoms with Gasteiger partial charge in [-0.3, -0.25) is 9.59 Å². The fraction of sp³-hybridized carbons (Fsp3) is 0.333. The molecule has 2 aromatic rings. The minimum absolute atomic E-state index is 0.187. The summed E-state index contributed by atoms with van der Waals surface area (Å²) < 4.78 is 1.79. The van der Waals surface area contributed by atoms with Crippen LogP contribution >= 0.6 is 0 Å². The third kappa shape index (κ3) is 1.86. The number of nitrogens with two attached hydrogens (primary N) is 1. The molecule has 0 spiro atoms. The highest BCUT2D eigenvalue weighted by molar-refractivity contribution is 6.00. The number of carbonyl (C=O) groups excluding carboxylic acids is 1. The molecule has 2 heterocycles. The third-order valence-electron chi connectivity index (χ3n) is 3.87. The van der Waals surface area contributed by atoms with Gasteiger partial charge in [-0.1, -0.05) is 6.07 Å². The lowest BCUT2D eigenvalue weighted by Crippen LogP contribution is -2.32. The number of anilines is 1. The maximum absolute atomic E-state index is 12.6. The van der Waals surface area contributed by atoms with Gasteiger partial charge in [0, 0.05) is 32.0 Å². The average Bonchev–Trinajstić information content (AvgIpc) is 2.96. The minimum Gasteiger partial charge on any atom is -0.398 e. The maximum atomic E-state index is 12.6. The van der Waals surface area contributed by atoms with E-state index in [-0.39, 0.29) is 16.9 Å². The first-order chi connectivity index (χ1) is 9.59. The Morgan fingerprint density at radius 2 is 1.95 bits per heavy atom. The van der Waals surface area contributed by atoms with Gasteiger partial charge < -0.3 is 15.2 Å². The topological polar surface area (TPSA) is 68.3 Å². The van der Waals surface area contributed by atoms with Crippen molar-refractivity contribution in [3.63, 3.8) is 0 Å². The summed E-state index contributed by atoms with van der Waals surface area (Å²) in [5.74, 6) is -0.187. The lowest BCUT2D eigenvalue weighted by atomic mass is 10.1.